The smallest absolute Gasteiger partial charge is 0.329 e. The van der Waals surface area contributed by atoms with Gasteiger partial charge in [-0.1, -0.05) is 31.5 Å². The van der Waals surface area contributed by atoms with Gasteiger partial charge in [0.25, 0.3) is 11.8 Å². The molecule has 170 valence electrons. The van der Waals surface area contributed by atoms with Crippen LogP contribution in [-0.4, -0.2) is 43.6 Å². The van der Waals surface area contributed by atoms with Crippen LogP contribution in [0.2, 0.25) is 0 Å². The largest absolute Gasteiger partial charge is 0.490 e. The standard InChI is InChI=1S/C24H28N2O6/c1-15(2)22(26-23(28)17-7-4-6-16(3)12-17)24(29)32-14-21(27)25-18-8-9-19-20(13-18)31-11-5-10-30-19/h4,6-9,12-13,15,22H,5,10-11,14H2,1-3H3,(H,25,27)(H,26,28)/t22-/m0/s1. The number of carbonyl (C=O) groups is 3. The molecule has 8 heteroatoms. The SMILES string of the molecule is Cc1cccc(C(=O)N[C@H](C(=O)OCC(=O)Nc2ccc3c(c2)OCCCO3)C(C)C)c1. The molecule has 3 rings (SSSR count). The number of hydrogen-bond donors (Lipinski definition) is 2. The number of esters is 1. The van der Waals surface area contributed by atoms with Crippen LogP contribution < -0.4 is 20.1 Å². The first kappa shape index (κ1) is 23.1. The molecule has 0 fully saturated rings. The molecule has 0 spiro atoms. The molecule has 32 heavy (non-hydrogen) atoms. The lowest BCUT2D eigenvalue weighted by Gasteiger charge is -2.21. The van der Waals surface area contributed by atoms with Crippen molar-refractivity contribution in [2.75, 3.05) is 25.1 Å². The maximum absolute atomic E-state index is 12.6. The highest BCUT2D eigenvalue weighted by Gasteiger charge is 2.27. The van der Waals surface area contributed by atoms with Crippen molar-refractivity contribution in [1.82, 2.24) is 5.32 Å². The highest BCUT2D eigenvalue weighted by atomic mass is 16.5. The quantitative estimate of drug-likeness (QED) is 0.642. The molecule has 2 aromatic carbocycles. The van der Waals surface area contributed by atoms with E-state index in [2.05, 4.69) is 10.6 Å². The summed E-state index contributed by atoms with van der Waals surface area (Å²) in [6.07, 6.45) is 0.782. The van der Waals surface area contributed by atoms with Gasteiger partial charge in [0.1, 0.15) is 6.04 Å². The molecule has 1 heterocycles. The fourth-order valence-corrected chi connectivity index (χ4v) is 3.17. The van der Waals surface area contributed by atoms with Crippen LogP contribution in [0.25, 0.3) is 0 Å². The molecule has 0 unspecified atom stereocenters. The topological polar surface area (TPSA) is 103 Å². The Morgan fingerprint density at radius 3 is 2.50 bits per heavy atom. The van der Waals surface area contributed by atoms with Crippen molar-refractivity contribution < 1.29 is 28.6 Å². The van der Waals surface area contributed by atoms with Crippen molar-refractivity contribution >= 4 is 23.5 Å². The van der Waals surface area contributed by atoms with Crippen LogP contribution in [0.1, 0.15) is 36.2 Å². The molecular weight excluding hydrogens is 412 g/mol. The van der Waals surface area contributed by atoms with Crippen molar-refractivity contribution in [2.24, 2.45) is 5.92 Å². The lowest BCUT2D eigenvalue weighted by atomic mass is 10.0. The average Bonchev–Trinajstić information content (AvgIpc) is 3.00. The van der Waals surface area contributed by atoms with Gasteiger partial charge in [0.15, 0.2) is 18.1 Å². The van der Waals surface area contributed by atoms with E-state index in [0.717, 1.165) is 12.0 Å². The van der Waals surface area contributed by atoms with Gasteiger partial charge >= 0.3 is 5.97 Å². The highest BCUT2D eigenvalue weighted by molar-refractivity contribution is 5.97. The third-order valence-electron chi connectivity index (χ3n) is 4.86. The second kappa shape index (κ2) is 10.7. The van der Waals surface area contributed by atoms with Crippen LogP contribution in [0.3, 0.4) is 0 Å². The predicted molar refractivity (Wildman–Crippen MR) is 119 cm³/mol. The van der Waals surface area contributed by atoms with E-state index in [9.17, 15) is 14.4 Å². The zero-order valence-electron chi connectivity index (χ0n) is 18.5. The Morgan fingerprint density at radius 2 is 1.78 bits per heavy atom. The van der Waals surface area contributed by atoms with E-state index in [1.54, 1.807) is 50.2 Å². The van der Waals surface area contributed by atoms with Gasteiger partial charge in [0.05, 0.1) is 13.2 Å². The van der Waals surface area contributed by atoms with Gasteiger partial charge in [-0.05, 0) is 37.1 Å². The van der Waals surface area contributed by atoms with E-state index in [-0.39, 0.29) is 11.8 Å². The molecule has 1 atom stereocenters. The zero-order chi connectivity index (χ0) is 23.1. The first-order valence-corrected chi connectivity index (χ1v) is 10.6. The molecule has 8 nitrogen and oxygen atoms in total. The van der Waals surface area contributed by atoms with Crippen LogP contribution in [-0.2, 0) is 14.3 Å². The summed E-state index contributed by atoms with van der Waals surface area (Å²) >= 11 is 0. The first-order valence-electron chi connectivity index (χ1n) is 10.6. The van der Waals surface area contributed by atoms with Gasteiger partial charge < -0.3 is 24.8 Å². The Labute approximate surface area is 187 Å². The van der Waals surface area contributed by atoms with Crippen LogP contribution in [0.5, 0.6) is 11.5 Å². The average molecular weight is 440 g/mol. The summed E-state index contributed by atoms with van der Waals surface area (Å²) in [7, 11) is 0. The summed E-state index contributed by atoms with van der Waals surface area (Å²) in [6.45, 7) is 6.10. The van der Waals surface area contributed by atoms with Gasteiger partial charge in [0, 0.05) is 23.7 Å². The van der Waals surface area contributed by atoms with E-state index < -0.39 is 24.5 Å². The lowest BCUT2D eigenvalue weighted by Crippen LogP contribution is -2.46. The number of benzene rings is 2. The molecule has 0 aromatic heterocycles. The normalized spacial score (nSPS) is 13.6. The molecule has 0 radical (unpaired) electrons. The maximum Gasteiger partial charge on any atom is 0.329 e. The minimum atomic E-state index is -0.881. The number of carbonyl (C=O) groups excluding carboxylic acids is 3. The predicted octanol–water partition coefficient (Wildman–Crippen LogP) is 3.09. The molecule has 0 saturated heterocycles. The van der Waals surface area contributed by atoms with Gasteiger partial charge in [-0.3, -0.25) is 9.59 Å². The molecule has 0 saturated carbocycles. The van der Waals surface area contributed by atoms with Crippen molar-refractivity contribution in [2.45, 2.75) is 33.2 Å². The number of hydrogen-bond acceptors (Lipinski definition) is 6. The summed E-state index contributed by atoms with van der Waals surface area (Å²) in [5, 5.41) is 5.37. The number of aryl methyl sites for hydroxylation is 1. The third-order valence-corrected chi connectivity index (χ3v) is 4.86. The van der Waals surface area contributed by atoms with E-state index in [0.29, 0.717) is 36.0 Å². The maximum atomic E-state index is 12.6. The molecule has 2 N–H and O–H groups in total. The Balaban J connectivity index is 1.55. The van der Waals surface area contributed by atoms with Gasteiger partial charge in [0.2, 0.25) is 0 Å². The molecule has 0 aliphatic carbocycles. The Hall–Kier alpha value is -3.55. The number of nitrogens with one attached hydrogen (secondary N) is 2. The van der Waals surface area contributed by atoms with Crippen LogP contribution in [0.15, 0.2) is 42.5 Å². The highest BCUT2D eigenvalue weighted by Crippen LogP contribution is 2.32. The lowest BCUT2D eigenvalue weighted by molar-refractivity contribution is -0.150. The Bertz CT molecular complexity index is 988. The van der Waals surface area contributed by atoms with Crippen molar-refractivity contribution in [3.63, 3.8) is 0 Å². The fraction of sp³-hybridized carbons (Fsp3) is 0.375. The summed E-state index contributed by atoms with van der Waals surface area (Å²) in [5.74, 6) is -0.593. The molecular formula is C24H28N2O6. The number of anilines is 1. The monoisotopic (exact) mass is 440 g/mol. The molecule has 1 aliphatic rings. The summed E-state index contributed by atoms with van der Waals surface area (Å²) in [4.78, 5) is 37.3. The van der Waals surface area contributed by atoms with Crippen LogP contribution in [0, 0.1) is 12.8 Å². The van der Waals surface area contributed by atoms with E-state index in [1.165, 1.54) is 0 Å². The Morgan fingerprint density at radius 1 is 1.03 bits per heavy atom. The third kappa shape index (κ3) is 6.23. The van der Waals surface area contributed by atoms with Crippen molar-refractivity contribution in [1.29, 1.82) is 0 Å². The van der Waals surface area contributed by atoms with E-state index in [1.807, 2.05) is 13.0 Å². The molecule has 2 amide bonds. The van der Waals surface area contributed by atoms with Crippen molar-refractivity contribution in [3.05, 3.63) is 53.6 Å². The summed E-state index contributed by atoms with van der Waals surface area (Å²) in [5.41, 5.74) is 1.90. The number of rotatable bonds is 7. The number of fused-ring (bicyclic) bond motifs is 1. The van der Waals surface area contributed by atoms with Crippen LogP contribution >= 0.6 is 0 Å². The fourth-order valence-electron chi connectivity index (χ4n) is 3.17. The van der Waals surface area contributed by atoms with Gasteiger partial charge in [-0.2, -0.15) is 0 Å². The van der Waals surface area contributed by atoms with Gasteiger partial charge in [-0.15, -0.1) is 0 Å². The molecule has 2 aromatic rings. The second-order valence-corrected chi connectivity index (χ2v) is 7.93. The van der Waals surface area contributed by atoms with Gasteiger partial charge in [-0.25, -0.2) is 4.79 Å². The molecule has 0 bridgehead atoms. The second-order valence-electron chi connectivity index (χ2n) is 7.93. The number of ether oxygens (including phenoxy) is 3. The first-order chi connectivity index (χ1) is 15.3. The van der Waals surface area contributed by atoms with Crippen molar-refractivity contribution in [3.8, 4) is 11.5 Å². The summed E-state index contributed by atoms with van der Waals surface area (Å²) < 4.78 is 16.3. The Kier molecular flexibility index (Phi) is 7.70. The van der Waals surface area contributed by atoms with Crippen LogP contribution in [0.4, 0.5) is 5.69 Å². The van der Waals surface area contributed by atoms with E-state index >= 15 is 0 Å². The van der Waals surface area contributed by atoms with E-state index in [4.69, 9.17) is 14.2 Å². The number of amides is 2. The minimum Gasteiger partial charge on any atom is -0.490 e. The summed E-state index contributed by atoms with van der Waals surface area (Å²) in [6, 6.07) is 11.3. The minimum absolute atomic E-state index is 0.221. The molecule has 1 aliphatic heterocycles. The zero-order valence-corrected chi connectivity index (χ0v) is 18.5.